The number of carbonyl (C=O) groups is 1. The molecule has 2 aliphatic heterocycles. The number of rotatable bonds is 7. The summed E-state index contributed by atoms with van der Waals surface area (Å²) in [6.07, 6.45) is 0.195. The first-order valence-electron chi connectivity index (χ1n) is 10.9. The van der Waals surface area contributed by atoms with Crippen molar-refractivity contribution in [2.24, 2.45) is 0 Å². The van der Waals surface area contributed by atoms with Gasteiger partial charge in [0, 0.05) is 32.7 Å². The highest BCUT2D eigenvalue weighted by molar-refractivity contribution is 5.77. The van der Waals surface area contributed by atoms with Crippen LogP contribution >= 0.6 is 0 Å². The van der Waals surface area contributed by atoms with Crippen LogP contribution in [0, 0.1) is 5.82 Å². The topological polar surface area (TPSA) is 71.5 Å². The number of phenolic OH excluding ortho intramolecular Hbond substituents is 1. The van der Waals surface area contributed by atoms with Crippen molar-refractivity contribution in [3.63, 3.8) is 0 Å². The fourth-order valence-electron chi connectivity index (χ4n) is 4.11. The lowest BCUT2D eigenvalue weighted by Gasteiger charge is -2.43. The van der Waals surface area contributed by atoms with E-state index in [1.165, 1.54) is 12.1 Å². The monoisotopic (exact) mass is 444 g/mol. The van der Waals surface area contributed by atoms with Crippen molar-refractivity contribution in [1.29, 1.82) is 0 Å². The van der Waals surface area contributed by atoms with Gasteiger partial charge in [-0.2, -0.15) is 0 Å². The van der Waals surface area contributed by atoms with Crippen LogP contribution in [0.15, 0.2) is 48.5 Å². The molecule has 32 heavy (non-hydrogen) atoms. The molecule has 172 valence electrons. The molecule has 0 saturated carbocycles. The molecule has 0 radical (unpaired) electrons. The Hall–Kier alpha value is -2.68. The van der Waals surface area contributed by atoms with Crippen LogP contribution < -0.4 is 4.74 Å². The van der Waals surface area contributed by atoms with Crippen molar-refractivity contribution in [1.82, 2.24) is 9.80 Å². The normalized spacial score (nSPS) is 22.0. The van der Waals surface area contributed by atoms with E-state index in [-0.39, 0.29) is 30.5 Å². The van der Waals surface area contributed by atoms with Gasteiger partial charge in [-0.3, -0.25) is 9.69 Å². The largest absolute Gasteiger partial charge is 0.508 e. The van der Waals surface area contributed by atoms with Crippen molar-refractivity contribution in [2.45, 2.75) is 18.6 Å². The van der Waals surface area contributed by atoms with Crippen LogP contribution in [0.3, 0.4) is 0 Å². The van der Waals surface area contributed by atoms with Gasteiger partial charge in [0.05, 0.1) is 26.2 Å². The predicted octanol–water partition coefficient (Wildman–Crippen LogP) is 2.43. The number of carbonyl (C=O) groups excluding carboxylic acids is 1. The molecular formula is C24H29FN2O5. The molecule has 2 fully saturated rings. The van der Waals surface area contributed by atoms with Gasteiger partial charge in [0.2, 0.25) is 5.91 Å². The zero-order valence-electron chi connectivity index (χ0n) is 18.0. The van der Waals surface area contributed by atoms with Crippen molar-refractivity contribution >= 4 is 5.91 Å². The Morgan fingerprint density at radius 1 is 1.03 bits per heavy atom. The first-order valence-corrected chi connectivity index (χ1v) is 10.9. The summed E-state index contributed by atoms with van der Waals surface area (Å²) in [7, 11) is 0. The number of nitrogens with zero attached hydrogens (tertiary/aromatic N) is 2. The fraction of sp³-hybridized carbons (Fsp3) is 0.458. The second kappa shape index (κ2) is 10.3. The Balaban J connectivity index is 1.47. The van der Waals surface area contributed by atoms with E-state index in [2.05, 4.69) is 4.90 Å². The molecule has 2 aromatic carbocycles. The second-order valence-electron chi connectivity index (χ2n) is 8.32. The Morgan fingerprint density at radius 2 is 1.75 bits per heavy atom. The quantitative estimate of drug-likeness (QED) is 0.707. The summed E-state index contributed by atoms with van der Waals surface area (Å²) in [6, 6.07) is 13.0. The van der Waals surface area contributed by atoms with E-state index in [9.17, 15) is 14.3 Å². The summed E-state index contributed by atoms with van der Waals surface area (Å²) >= 11 is 0. The lowest BCUT2D eigenvalue weighted by molar-refractivity contribution is -0.159. The Bertz CT molecular complexity index is 886. The Morgan fingerprint density at radius 3 is 2.47 bits per heavy atom. The van der Waals surface area contributed by atoms with Crippen LogP contribution in [0.4, 0.5) is 4.39 Å². The highest BCUT2D eigenvalue weighted by Gasteiger charge is 2.41. The maximum absolute atomic E-state index is 13.3. The second-order valence-corrected chi connectivity index (χ2v) is 8.32. The maximum Gasteiger partial charge on any atom is 0.225 e. The minimum Gasteiger partial charge on any atom is -0.508 e. The summed E-state index contributed by atoms with van der Waals surface area (Å²) < 4.78 is 30.8. The zero-order valence-corrected chi connectivity index (χ0v) is 18.0. The highest BCUT2D eigenvalue weighted by Crippen LogP contribution is 2.27. The van der Waals surface area contributed by atoms with Crippen molar-refractivity contribution in [2.75, 3.05) is 52.6 Å². The zero-order chi connectivity index (χ0) is 22.4. The van der Waals surface area contributed by atoms with E-state index < -0.39 is 5.60 Å². The molecular weight excluding hydrogens is 415 g/mol. The number of phenols is 1. The van der Waals surface area contributed by atoms with Crippen molar-refractivity contribution in [3.05, 3.63) is 59.9 Å². The maximum atomic E-state index is 13.3. The third-order valence-corrected chi connectivity index (χ3v) is 5.82. The molecule has 2 aromatic rings. The van der Waals surface area contributed by atoms with Crippen molar-refractivity contribution < 1.29 is 28.5 Å². The van der Waals surface area contributed by atoms with Crippen LogP contribution in [-0.2, 0) is 20.8 Å². The number of benzene rings is 2. The molecule has 8 heteroatoms. The lowest BCUT2D eigenvalue weighted by atomic mass is 9.96. The molecule has 0 bridgehead atoms. The number of morpholine rings is 2. The van der Waals surface area contributed by atoms with Crippen LogP contribution in [0.2, 0.25) is 0 Å². The fourth-order valence-corrected chi connectivity index (χ4v) is 4.11. The number of hydrogen-bond donors (Lipinski definition) is 1. The van der Waals surface area contributed by atoms with Gasteiger partial charge in [-0.15, -0.1) is 0 Å². The SMILES string of the molecule is O=C(C[C@]1(COc2ccc(F)cc2)CN(Cc2ccc(O)cc2)CCO1)N1CCOCC1. The van der Waals surface area contributed by atoms with E-state index in [1.807, 2.05) is 17.0 Å². The molecule has 2 heterocycles. The van der Waals surface area contributed by atoms with E-state index in [1.54, 1.807) is 24.3 Å². The van der Waals surface area contributed by atoms with E-state index >= 15 is 0 Å². The van der Waals surface area contributed by atoms with Gasteiger partial charge in [0.15, 0.2) is 0 Å². The molecule has 1 amide bonds. The first-order chi connectivity index (χ1) is 15.5. The van der Waals surface area contributed by atoms with E-state index in [0.29, 0.717) is 51.7 Å². The third kappa shape index (κ3) is 5.97. The Labute approximate surface area is 187 Å². The van der Waals surface area contributed by atoms with Crippen LogP contribution in [0.5, 0.6) is 11.5 Å². The average Bonchev–Trinajstić information content (AvgIpc) is 2.81. The molecule has 2 aliphatic rings. The van der Waals surface area contributed by atoms with Gasteiger partial charge >= 0.3 is 0 Å². The van der Waals surface area contributed by atoms with Crippen LogP contribution in [0.25, 0.3) is 0 Å². The highest BCUT2D eigenvalue weighted by atomic mass is 19.1. The average molecular weight is 445 g/mol. The molecule has 7 nitrogen and oxygen atoms in total. The van der Waals surface area contributed by atoms with Gasteiger partial charge < -0.3 is 24.2 Å². The molecule has 1 atom stereocenters. The molecule has 2 saturated heterocycles. The molecule has 1 N–H and O–H groups in total. The van der Waals surface area contributed by atoms with Crippen LogP contribution in [-0.4, -0.2) is 79.0 Å². The third-order valence-electron chi connectivity index (χ3n) is 5.82. The lowest BCUT2D eigenvalue weighted by Crippen LogP contribution is -2.57. The molecule has 0 aliphatic carbocycles. The van der Waals surface area contributed by atoms with Gasteiger partial charge in [-0.05, 0) is 42.0 Å². The number of ether oxygens (including phenoxy) is 3. The van der Waals surface area contributed by atoms with Crippen LogP contribution in [0.1, 0.15) is 12.0 Å². The minimum absolute atomic E-state index is 0.0162. The molecule has 0 unspecified atom stereocenters. The minimum atomic E-state index is -0.820. The molecule has 0 spiro atoms. The summed E-state index contributed by atoms with van der Waals surface area (Å²) in [5, 5.41) is 9.54. The summed E-state index contributed by atoms with van der Waals surface area (Å²) in [6.45, 7) is 4.80. The number of amides is 1. The summed E-state index contributed by atoms with van der Waals surface area (Å²) in [4.78, 5) is 17.1. The van der Waals surface area contributed by atoms with Gasteiger partial charge in [-0.25, -0.2) is 4.39 Å². The van der Waals surface area contributed by atoms with Gasteiger partial charge in [0.25, 0.3) is 0 Å². The molecule has 4 rings (SSSR count). The van der Waals surface area contributed by atoms with Crippen molar-refractivity contribution in [3.8, 4) is 11.5 Å². The van der Waals surface area contributed by atoms with Gasteiger partial charge in [0.1, 0.15) is 29.5 Å². The summed E-state index contributed by atoms with van der Waals surface area (Å²) in [5.74, 6) is 0.448. The number of aromatic hydroxyl groups is 1. The Kier molecular flexibility index (Phi) is 7.24. The smallest absolute Gasteiger partial charge is 0.225 e. The molecule has 0 aromatic heterocycles. The van der Waals surface area contributed by atoms with Gasteiger partial charge in [-0.1, -0.05) is 12.1 Å². The standard InChI is InChI=1S/C24H29FN2O5/c25-20-3-7-22(8-4-20)31-18-24(15-23(29)27-10-12-30-13-11-27)17-26(9-14-32-24)16-19-1-5-21(28)6-2-19/h1-8,28H,9-18H2/t24-/m1/s1. The van der Waals surface area contributed by atoms with E-state index in [0.717, 1.165) is 12.1 Å². The predicted molar refractivity (Wildman–Crippen MR) is 116 cm³/mol. The van der Waals surface area contributed by atoms with E-state index in [4.69, 9.17) is 14.2 Å². The first kappa shape index (κ1) is 22.5. The summed E-state index contributed by atoms with van der Waals surface area (Å²) in [5.41, 5.74) is 0.247. The number of hydrogen-bond acceptors (Lipinski definition) is 6. The number of halogens is 1.